The van der Waals surface area contributed by atoms with E-state index in [0.717, 1.165) is 0 Å². The summed E-state index contributed by atoms with van der Waals surface area (Å²) < 4.78 is 24.5. The van der Waals surface area contributed by atoms with E-state index in [2.05, 4.69) is 20.8 Å². The van der Waals surface area contributed by atoms with Crippen LogP contribution in [0.25, 0.3) is 0 Å². The van der Waals surface area contributed by atoms with Crippen molar-refractivity contribution in [3.8, 4) is 0 Å². The highest BCUT2D eigenvalue weighted by molar-refractivity contribution is 8.01. The van der Waals surface area contributed by atoms with Crippen LogP contribution >= 0.6 is 11.8 Å². The SMILES string of the molecule is CC(C)C(C)SCCS(=O)(=O)c1cccc(C(=N)N)c1. The average Bonchev–Trinajstić information content (AvgIpc) is 2.38. The molecule has 0 bridgehead atoms. The summed E-state index contributed by atoms with van der Waals surface area (Å²) in [7, 11) is -3.31. The third kappa shape index (κ3) is 4.83. The van der Waals surface area contributed by atoms with Crippen LogP contribution in [0.2, 0.25) is 0 Å². The Morgan fingerprint density at radius 1 is 1.35 bits per heavy atom. The van der Waals surface area contributed by atoms with Gasteiger partial charge in [-0.1, -0.05) is 32.9 Å². The molecule has 0 fully saturated rings. The fourth-order valence-electron chi connectivity index (χ4n) is 1.51. The standard InChI is InChI=1S/C14H22N2O2S2/c1-10(2)11(3)19-7-8-20(17,18)13-6-4-5-12(9-13)14(15)16/h4-6,9-11H,7-8H2,1-3H3,(H3,15,16). The lowest BCUT2D eigenvalue weighted by atomic mass is 10.2. The van der Waals surface area contributed by atoms with Gasteiger partial charge in [0.2, 0.25) is 0 Å². The van der Waals surface area contributed by atoms with Crippen LogP contribution in [0.3, 0.4) is 0 Å². The van der Waals surface area contributed by atoms with Crippen molar-refractivity contribution in [2.45, 2.75) is 30.9 Å². The van der Waals surface area contributed by atoms with Gasteiger partial charge in [0.1, 0.15) is 5.84 Å². The van der Waals surface area contributed by atoms with Gasteiger partial charge in [0, 0.05) is 16.6 Å². The molecule has 1 atom stereocenters. The number of hydrogen-bond donors (Lipinski definition) is 2. The molecule has 0 amide bonds. The number of nitrogens with two attached hydrogens (primary N) is 1. The number of benzene rings is 1. The summed E-state index contributed by atoms with van der Waals surface area (Å²) in [4.78, 5) is 0.239. The highest BCUT2D eigenvalue weighted by Crippen LogP contribution is 2.20. The highest BCUT2D eigenvalue weighted by Gasteiger charge is 2.16. The van der Waals surface area contributed by atoms with Gasteiger partial charge in [-0.2, -0.15) is 11.8 Å². The van der Waals surface area contributed by atoms with Crippen LogP contribution < -0.4 is 5.73 Å². The Labute approximate surface area is 125 Å². The zero-order valence-corrected chi connectivity index (χ0v) is 13.7. The van der Waals surface area contributed by atoms with E-state index >= 15 is 0 Å². The fourth-order valence-corrected chi connectivity index (χ4v) is 4.36. The number of rotatable bonds is 7. The van der Waals surface area contributed by atoms with Gasteiger partial charge in [0.25, 0.3) is 0 Å². The molecule has 1 aromatic carbocycles. The summed E-state index contributed by atoms with van der Waals surface area (Å²) in [6, 6.07) is 6.27. The van der Waals surface area contributed by atoms with E-state index in [9.17, 15) is 8.42 Å². The zero-order valence-electron chi connectivity index (χ0n) is 12.1. The van der Waals surface area contributed by atoms with Crippen LogP contribution in [-0.2, 0) is 9.84 Å². The van der Waals surface area contributed by atoms with Gasteiger partial charge in [-0.15, -0.1) is 0 Å². The van der Waals surface area contributed by atoms with Gasteiger partial charge in [-0.25, -0.2) is 8.42 Å². The van der Waals surface area contributed by atoms with Gasteiger partial charge in [-0.05, 0) is 18.1 Å². The van der Waals surface area contributed by atoms with E-state index in [-0.39, 0.29) is 16.5 Å². The van der Waals surface area contributed by atoms with Crippen molar-refractivity contribution in [2.24, 2.45) is 11.7 Å². The van der Waals surface area contributed by atoms with Crippen LogP contribution in [0.4, 0.5) is 0 Å². The monoisotopic (exact) mass is 314 g/mol. The van der Waals surface area contributed by atoms with Crippen molar-refractivity contribution < 1.29 is 8.42 Å². The van der Waals surface area contributed by atoms with Gasteiger partial charge >= 0.3 is 0 Å². The molecule has 0 aromatic heterocycles. The van der Waals surface area contributed by atoms with E-state index < -0.39 is 9.84 Å². The van der Waals surface area contributed by atoms with Gasteiger partial charge in [0.15, 0.2) is 9.84 Å². The lowest BCUT2D eigenvalue weighted by Crippen LogP contribution is -2.15. The first-order valence-corrected chi connectivity index (χ1v) is 9.23. The molecule has 1 unspecified atom stereocenters. The van der Waals surface area contributed by atoms with Crippen LogP contribution in [0.1, 0.15) is 26.3 Å². The summed E-state index contributed by atoms with van der Waals surface area (Å²) in [5.41, 5.74) is 5.82. The van der Waals surface area contributed by atoms with Gasteiger partial charge in [-0.3, -0.25) is 5.41 Å². The van der Waals surface area contributed by atoms with E-state index in [4.69, 9.17) is 11.1 Å². The molecule has 112 valence electrons. The number of thioether (sulfide) groups is 1. The number of nitrogen functional groups attached to an aromatic ring is 1. The van der Waals surface area contributed by atoms with Crippen LogP contribution in [0.5, 0.6) is 0 Å². The molecular weight excluding hydrogens is 292 g/mol. The second-order valence-electron chi connectivity index (χ2n) is 5.08. The summed E-state index contributed by atoms with van der Waals surface area (Å²) in [5, 5.41) is 7.80. The van der Waals surface area contributed by atoms with Gasteiger partial charge in [0.05, 0.1) is 10.6 Å². The maximum atomic E-state index is 12.2. The van der Waals surface area contributed by atoms with Crippen LogP contribution in [-0.4, -0.2) is 31.0 Å². The topological polar surface area (TPSA) is 84.0 Å². The largest absolute Gasteiger partial charge is 0.384 e. The Bertz CT molecular complexity index is 568. The maximum absolute atomic E-state index is 12.2. The third-order valence-corrected chi connectivity index (χ3v) is 6.66. The molecule has 1 rings (SSSR count). The Morgan fingerprint density at radius 2 is 2.00 bits per heavy atom. The molecule has 0 saturated heterocycles. The first-order valence-electron chi connectivity index (χ1n) is 6.53. The zero-order chi connectivity index (χ0) is 15.3. The number of sulfone groups is 1. The molecule has 0 aliphatic rings. The average molecular weight is 314 g/mol. The summed E-state index contributed by atoms with van der Waals surface area (Å²) >= 11 is 1.67. The van der Waals surface area contributed by atoms with Crippen molar-refractivity contribution >= 4 is 27.4 Å². The van der Waals surface area contributed by atoms with Crippen LogP contribution in [0.15, 0.2) is 29.2 Å². The smallest absolute Gasteiger partial charge is 0.179 e. The third-order valence-electron chi connectivity index (χ3n) is 3.18. The Kier molecular flexibility index (Phi) is 6.07. The minimum Gasteiger partial charge on any atom is -0.384 e. The van der Waals surface area contributed by atoms with E-state index in [1.807, 2.05) is 0 Å². The molecule has 3 N–H and O–H groups in total. The van der Waals surface area contributed by atoms with Crippen molar-refractivity contribution in [1.29, 1.82) is 5.41 Å². The number of amidine groups is 1. The molecule has 0 saturated carbocycles. The Hall–Kier alpha value is -1.01. The molecule has 0 radical (unpaired) electrons. The molecule has 4 nitrogen and oxygen atoms in total. The highest BCUT2D eigenvalue weighted by atomic mass is 32.2. The summed E-state index contributed by atoms with van der Waals surface area (Å²) in [6.45, 7) is 6.36. The van der Waals surface area contributed by atoms with E-state index in [1.165, 1.54) is 6.07 Å². The molecule has 1 aromatic rings. The molecule has 0 heterocycles. The van der Waals surface area contributed by atoms with E-state index in [1.54, 1.807) is 30.0 Å². The fraction of sp³-hybridized carbons (Fsp3) is 0.500. The Balaban J connectivity index is 2.74. The molecule has 6 heteroatoms. The molecule has 20 heavy (non-hydrogen) atoms. The molecule has 0 aliphatic carbocycles. The normalized spacial score (nSPS) is 13.4. The lowest BCUT2D eigenvalue weighted by Gasteiger charge is -2.14. The van der Waals surface area contributed by atoms with E-state index in [0.29, 0.717) is 22.5 Å². The minimum absolute atomic E-state index is 0.107. The first kappa shape index (κ1) is 17.0. The first-order chi connectivity index (χ1) is 9.24. The molecule has 0 spiro atoms. The predicted octanol–water partition coefficient (Wildman–Crippen LogP) is 2.52. The maximum Gasteiger partial charge on any atom is 0.179 e. The summed E-state index contributed by atoms with van der Waals surface area (Å²) in [5.74, 6) is 1.09. The minimum atomic E-state index is -3.31. The van der Waals surface area contributed by atoms with Crippen molar-refractivity contribution in [3.05, 3.63) is 29.8 Å². The van der Waals surface area contributed by atoms with Crippen molar-refractivity contribution in [2.75, 3.05) is 11.5 Å². The second kappa shape index (κ2) is 7.13. The lowest BCUT2D eigenvalue weighted by molar-refractivity contribution is 0.597. The number of hydrogen-bond acceptors (Lipinski definition) is 4. The Morgan fingerprint density at radius 3 is 2.55 bits per heavy atom. The second-order valence-corrected chi connectivity index (χ2v) is 8.67. The van der Waals surface area contributed by atoms with Crippen molar-refractivity contribution in [3.63, 3.8) is 0 Å². The molecular formula is C14H22N2O2S2. The predicted molar refractivity (Wildman–Crippen MR) is 86.3 cm³/mol. The number of nitrogens with one attached hydrogen (secondary N) is 1. The van der Waals surface area contributed by atoms with Crippen molar-refractivity contribution in [1.82, 2.24) is 0 Å². The quantitative estimate of drug-likeness (QED) is 0.598. The van der Waals surface area contributed by atoms with Gasteiger partial charge < -0.3 is 5.73 Å². The van der Waals surface area contributed by atoms with Crippen LogP contribution in [0, 0.1) is 11.3 Å². The summed E-state index contributed by atoms with van der Waals surface area (Å²) in [6.07, 6.45) is 0. The molecule has 0 aliphatic heterocycles.